The molecule has 2 heteroatoms. The molecule has 2 atom stereocenters. The van der Waals surface area contributed by atoms with Crippen LogP contribution in [0.5, 0.6) is 0 Å². The van der Waals surface area contributed by atoms with E-state index < -0.39 is 0 Å². The molecule has 0 aromatic rings. The highest BCUT2D eigenvalue weighted by Gasteiger charge is 2.21. The van der Waals surface area contributed by atoms with Crippen molar-refractivity contribution in [3.8, 4) is 0 Å². The van der Waals surface area contributed by atoms with Crippen LogP contribution in [0.2, 0.25) is 0 Å². The fraction of sp³-hybridized carbons (Fsp3) is 1.00. The first kappa shape index (κ1) is 9.01. The molecule has 1 aliphatic rings. The Balaban J connectivity index is 2.05. The Bertz CT molecular complexity index is 104. The Kier molecular flexibility index (Phi) is 3.87. The SMILES string of the molecule is CCCNCC1NCCC1C. The van der Waals surface area contributed by atoms with E-state index in [1.54, 1.807) is 0 Å². The van der Waals surface area contributed by atoms with E-state index in [2.05, 4.69) is 24.5 Å². The van der Waals surface area contributed by atoms with Crippen molar-refractivity contribution in [3.05, 3.63) is 0 Å². The van der Waals surface area contributed by atoms with Crippen molar-refractivity contribution >= 4 is 0 Å². The molecule has 2 nitrogen and oxygen atoms in total. The monoisotopic (exact) mass is 156 g/mol. The van der Waals surface area contributed by atoms with E-state index in [0.29, 0.717) is 0 Å². The minimum absolute atomic E-state index is 0.724. The lowest BCUT2D eigenvalue weighted by Crippen LogP contribution is -2.37. The fourth-order valence-corrected chi connectivity index (χ4v) is 1.61. The lowest BCUT2D eigenvalue weighted by atomic mass is 10.0. The molecule has 2 unspecified atom stereocenters. The van der Waals surface area contributed by atoms with E-state index in [9.17, 15) is 0 Å². The zero-order chi connectivity index (χ0) is 8.10. The van der Waals surface area contributed by atoms with E-state index in [4.69, 9.17) is 0 Å². The molecule has 66 valence electrons. The summed E-state index contributed by atoms with van der Waals surface area (Å²) in [6.45, 7) is 8.05. The summed E-state index contributed by atoms with van der Waals surface area (Å²) in [5.74, 6) is 0.861. The minimum Gasteiger partial charge on any atom is -0.315 e. The summed E-state index contributed by atoms with van der Waals surface area (Å²) in [6, 6.07) is 0.724. The van der Waals surface area contributed by atoms with Gasteiger partial charge >= 0.3 is 0 Å². The lowest BCUT2D eigenvalue weighted by Gasteiger charge is -2.15. The molecule has 1 aliphatic heterocycles. The molecule has 0 aromatic carbocycles. The summed E-state index contributed by atoms with van der Waals surface area (Å²) in [5.41, 5.74) is 0. The van der Waals surface area contributed by atoms with Gasteiger partial charge in [-0.05, 0) is 31.8 Å². The molecule has 1 fully saturated rings. The van der Waals surface area contributed by atoms with Crippen LogP contribution in [-0.2, 0) is 0 Å². The van der Waals surface area contributed by atoms with Crippen LogP contribution in [0.4, 0.5) is 0 Å². The van der Waals surface area contributed by atoms with E-state index in [1.165, 1.54) is 19.4 Å². The maximum atomic E-state index is 3.50. The quantitative estimate of drug-likeness (QED) is 0.593. The average molecular weight is 156 g/mol. The molecule has 1 heterocycles. The Hall–Kier alpha value is -0.0800. The van der Waals surface area contributed by atoms with Gasteiger partial charge in [0, 0.05) is 12.6 Å². The summed E-state index contributed by atoms with van der Waals surface area (Å²) in [7, 11) is 0. The summed E-state index contributed by atoms with van der Waals surface area (Å²) in [6.07, 6.45) is 2.58. The van der Waals surface area contributed by atoms with Crippen molar-refractivity contribution < 1.29 is 0 Å². The predicted molar refractivity (Wildman–Crippen MR) is 48.7 cm³/mol. The molecular formula is C9H20N2. The van der Waals surface area contributed by atoms with E-state index in [1.807, 2.05) is 0 Å². The third-order valence-corrected chi connectivity index (χ3v) is 2.48. The van der Waals surface area contributed by atoms with Crippen LogP contribution >= 0.6 is 0 Å². The second-order valence-electron chi connectivity index (χ2n) is 3.53. The van der Waals surface area contributed by atoms with Crippen molar-refractivity contribution in [3.63, 3.8) is 0 Å². The van der Waals surface area contributed by atoms with Gasteiger partial charge in [-0.2, -0.15) is 0 Å². The van der Waals surface area contributed by atoms with Crippen LogP contribution < -0.4 is 10.6 Å². The molecule has 0 aliphatic carbocycles. The van der Waals surface area contributed by atoms with Crippen molar-refractivity contribution in [2.75, 3.05) is 19.6 Å². The molecule has 2 N–H and O–H groups in total. The van der Waals surface area contributed by atoms with E-state index >= 15 is 0 Å². The third-order valence-electron chi connectivity index (χ3n) is 2.48. The number of rotatable bonds is 4. The largest absolute Gasteiger partial charge is 0.315 e. The Morgan fingerprint density at radius 1 is 1.55 bits per heavy atom. The van der Waals surface area contributed by atoms with Gasteiger partial charge in [-0.3, -0.25) is 0 Å². The van der Waals surface area contributed by atoms with Gasteiger partial charge in [0.1, 0.15) is 0 Å². The molecule has 0 aromatic heterocycles. The molecule has 0 amide bonds. The smallest absolute Gasteiger partial charge is 0.0218 e. The average Bonchev–Trinajstić information content (AvgIpc) is 2.37. The predicted octanol–water partition coefficient (Wildman–Crippen LogP) is 0.984. The Labute approximate surface area is 69.8 Å². The zero-order valence-corrected chi connectivity index (χ0v) is 7.69. The van der Waals surface area contributed by atoms with Crippen LogP contribution in [0, 0.1) is 5.92 Å². The van der Waals surface area contributed by atoms with Gasteiger partial charge in [0.15, 0.2) is 0 Å². The molecule has 1 rings (SSSR count). The normalized spacial score (nSPS) is 31.1. The van der Waals surface area contributed by atoms with Crippen LogP contribution in [0.3, 0.4) is 0 Å². The summed E-state index contributed by atoms with van der Waals surface area (Å²) in [5, 5.41) is 6.95. The summed E-state index contributed by atoms with van der Waals surface area (Å²) in [4.78, 5) is 0. The molecule has 11 heavy (non-hydrogen) atoms. The van der Waals surface area contributed by atoms with Crippen molar-refractivity contribution in [1.82, 2.24) is 10.6 Å². The highest BCUT2D eigenvalue weighted by molar-refractivity contribution is 4.82. The second-order valence-corrected chi connectivity index (χ2v) is 3.53. The number of hydrogen-bond acceptors (Lipinski definition) is 2. The van der Waals surface area contributed by atoms with Crippen molar-refractivity contribution in [2.24, 2.45) is 5.92 Å². The van der Waals surface area contributed by atoms with E-state index in [-0.39, 0.29) is 0 Å². The third kappa shape index (κ3) is 2.80. The second kappa shape index (κ2) is 4.73. The zero-order valence-electron chi connectivity index (χ0n) is 7.69. The van der Waals surface area contributed by atoms with Crippen molar-refractivity contribution in [2.45, 2.75) is 32.7 Å². The van der Waals surface area contributed by atoms with Gasteiger partial charge in [0.25, 0.3) is 0 Å². The minimum atomic E-state index is 0.724. The topological polar surface area (TPSA) is 24.1 Å². The highest BCUT2D eigenvalue weighted by atomic mass is 15.0. The van der Waals surface area contributed by atoms with Crippen LogP contribution in [0.25, 0.3) is 0 Å². The first-order chi connectivity index (χ1) is 5.34. The van der Waals surface area contributed by atoms with Crippen molar-refractivity contribution in [1.29, 1.82) is 0 Å². The number of hydrogen-bond donors (Lipinski definition) is 2. The lowest BCUT2D eigenvalue weighted by molar-refractivity contribution is 0.449. The van der Waals surface area contributed by atoms with Gasteiger partial charge in [-0.25, -0.2) is 0 Å². The van der Waals surface area contributed by atoms with Gasteiger partial charge < -0.3 is 10.6 Å². The maximum Gasteiger partial charge on any atom is 0.0218 e. The van der Waals surface area contributed by atoms with Gasteiger partial charge in [-0.1, -0.05) is 13.8 Å². The first-order valence-corrected chi connectivity index (χ1v) is 4.78. The van der Waals surface area contributed by atoms with E-state index in [0.717, 1.165) is 25.0 Å². The van der Waals surface area contributed by atoms with Crippen LogP contribution in [0.15, 0.2) is 0 Å². The fourth-order valence-electron chi connectivity index (χ4n) is 1.61. The molecule has 0 radical (unpaired) electrons. The van der Waals surface area contributed by atoms with Crippen LogP contribution in [-0.4, -0.2) is 25.7 Å². The Morgan fingerprint density at radius 2 is 2.36 bits per heavy atom. The maximum absolute atomic E-state index is 3.50. The number of nitrogens with one attached hydrogen (secondary N) is 2. The summed E-state index contributed by atoms with van der Waals surface area (Å²) >= 11 is 0. The molecule has 0 bridgehead atoms. The molecule has 0 spiro atoms. The van der Waals surface area contributed by atoms with Crippen LogP contribution in [0.1, 0.15) is 26.7 Å². The standard InChI is InChI=1S/C9H20N2/c1-3-5-10-7-9-8(2)4-6-11-9/h8-11H,3-7H2,1-2H3. The first-order valence-electron chi connectivity index (χ1n) is 4.78. The highest BCUT2D eigenvalue weighted by Crippen LogP contribution is 2.12. The summed E-state index contributed by atoms with van der Waals surface area (Å²) < 4.78 is 0. The molecule has 1 saturated heterocycles. The molecule has 0 saturated carbocycles. The Morgan fingerprint density at radius 3 is 2.91 bits per heavy atom. The molecular weight excluding hydrogens is 136 g/mol. The van der Waals surface area contributed by atoms with Gasteiger partial charge in [-0.15, -0.1) is 0 Å². The van der Waals surface area contributed by atoms with Gasteiger partial charge in [0.05, 0.1) is 0 Å². The van der Waals surface area contributed by atoms with Gasteiger partial charge in [0.2, 0.25) is 0 Å².